The van der Waals surface area contributed by atoms with Gasteiger partial charge in [0.25, 0.3) is 0 Å². The summed E-state index contributed by atoms with van der Waals surface area (Å²) in [5, 5.41) is 14.2. The number of fused-ring (bicyclic) bond motifs is 3. The Kier molecular flexibility index (Phi) is 4.52. The Morgan fingerprint density at radius 2 is 1.80 bits per heavy atom. The second kappa shape index (κ2) is 6.76. The number of benzene rings is 2. The van der Waals surface area contributed by atoms with Crippen LogP contribution < -0.4 is 10.6 Å². The first kappa shape index (κ1) is 16.7. The fourth-order valence-electron chi connectivity index (χ4n) is 3.13. The maximum absolute atomic E-state index is 12.3. The SMILES string of the molecule is CC(=O)NC(CC(=O)Nc1cccc2c1-c1ccccc1C2)C(=O)O. The minimum atomic E-state index is -1.25. The Morgan fingerprint density at radius 3 is 2.52 bits per heavy atom. The maximum atomic E-state index is 12.3. The van der Waals surface area contributed by atoms with Gasteiger partial charge < -0.3 is 15.7 Å². The third kappa shape index (κ3) is 3.52. The molecule has 0 saturated heterocycles. The molecule has 0 aliphatic heterocycles. The molecule has 3 rings (SSSR count). The van der Waals surface area contributed by atoms with Crippen molar-refractivity contribution >= 4 is 23.5 Å². The molecule has 6 heteroatoms. The lowest BCUT2D eigenvalue weighted by atomic mass is 10.0. The Balaban J connectivity index is 1.81. The van der Waals surface area contributed by atoms with Crippen LogP contribution in [0.25, 0.3) is 11.1 Å². The van der Waals surface area contributed by atoms with E-state index in [1.807, 2.05) is 30.3 Å². The van der Waals surface area contributed by atoms with Crippen molar-refractivity contribution in [3.63, 3.8) is 0 Å². The van der Waals surface area contributed by atoms with Gasteiger partial charge in [0, 0.05) is 18.2 Å². The van der Waals surface area contributed by atoms with Gasteiger partial charge in [0.1, 0.15) is 6.04 Å². The van der Waals surface area contributed by atoms with Crippen molar-refractivity contribution in [1.82, 2.24) is 5.32 Å². The molecule has 2 aromatic carbocycles. The minimum absolute atomic E-state index is 0.333. The van der Waals surface area contributed by atoms with E-state index >= 15 is 0 Å². The van der Waals surface area contributed by atoms with E-state index in [2.05, 4.69) is 16.7 Å². The van der Waals surface area contributed by atoms with Crippen LogP contribution >= 0.6 is 0 Å². The lowest BCUT2D eigenvalue weighted by Crippen LogP contribution is -2.42. The minimum Gasteiger partial charge on any atom is -0.480 e. The molecule has 1 aliphatic rings. The number of carboxylic acids is 1. The van der Waals surface area contributed by atoms with E-state index in [0.29, 0.717) is 5.69 Å². The Hall–Kier alpha value is -3.15. The first-order chi connectivity index (χ1) is 12.0. The predicted molar refractivity (Wildman–Crippen MR) is 93.2 cm³/mol. The summed E-state index contributed by atoms with van der Waals surface area (Å²) in [6.07, 6.45) is 0.471. The van der Waals surface area contributed by atoms with Crippen LogP contribution in [0.15, 0.2) is 42.5 Å². The third-order valence-corrected chi connectivity index (χ3v) is 4.16. The molecule has 1 unspecified atom stereocenters. The highest BCUT2D eigenvalue weighted by Crippen LogP contribution is 2.41. The normalized spacial score (nSPS) is 12.7. The number of hydrogen-bond donors (Lipinski definition) is 3. The molecule has 0 bridgehead atoms. The molecule has 0 heterocycles. The van der Waals surface area contributed by atoms with Gasteiger partial charge in [0.05, 0.1) is 6.42 Å². The molecule has 25 heavy (non-hydrogen) atoms. The Bertz CT molecular complexity index is 860. The van der Waals surface area contributed by atoms with Gasteiger partial charge in [-0.05, 0) is 29.2 Å². The average Bonchev–Trinajstić information content (AvgIpc) is 2.93. The molecule has 0 fully saturated rings. The summed E-state index contributed by atoms with van der Waals surface area (Å²) in [5.41, 5.74) is 5.01. The van der Waals surface area contributed by atoms with Crippen molar-refractivity contribution in [2.45, 2.75) is 25.8 Å². The van der Waals surface area contributed by atoms with Gasteiger partial charge in [0.2, 0.25) is 11.8 Å². The van der Waals surface area contributed by atoms with Crippen LogP contribution in [0.1, 0.15) is 24.5 Å². The second-order valence-corrected chi connectivity index (χ2v) is 6.02. The molecule has 0 saturated carbocycles. The van der Waals surface area contributed by atoms with Gasteiger partial charge in [-0.3, -0.25) is 9.59 Å². The van der Waals surface area contributed by atoms with Crippen molar-refractivity contribution in [2.75, 3.05) is 5.32 Å². The van der Waals surface area contributed by atoms with Crippen LogP contribution in [-0.4, -0.2) is 28.9 Å². The first-order valence-electron chi connectivity index (χ1n) is 7.95. The number of amides is 2. The van der Waals surface area contributed by atoms with Crippen LogP contribution in [0.2, 0.25) is 0 Å². The molecule has 6 nitrogen and oxygen atoms in total. The molecule has 3 N–H and O–H groups in total. The van der Waals surface area contributed by atoms with Crippen LogP contribution in [0.3, 0.4) is 0 Å². The molecular weight excluding hydrogens is 320 g/mol. The summed E-state index contributed by atoms with van der Waals surface area (Å²) in [7, 11) is 0. The molecule has 2 amide bonds. The standard InChI is InChI=1S/C19H18N2O4/c1-11(22)20-16(19(24)25)10-17(23)21-15-8-4-6-13-9-12-5-2-3-7-14(12)18(13)15/h2-8,16H,9-10H2,1H3,(H,20,22)(H,21,23)(H,24,25). The maximum Gasteiger partial charge on any atom is 0.326 e. The highest BCUT2D eigenvalue weighted by atomic mass is 16.4. The smallest absolute Gasteiger partial charge is 0.326 e. The van der Waals surface area contributed by atoms with Crippen molar-refractivity contribution in [3.8, 4) is 11.1 Å². The number of carboxylic acid groups (broad SMARTS) is 1. The molecule has 2 aromatic rings. The summed E-state index contributed by atoms with van der Waals surface area (Å²) >= 11 is 0. The van der Waals surface area contributed by atoms with Crippen molar-refractivity contribution in [1.29, 1.82) is 0 Å². The summed E-state index contributed by atoms with van der Waals surface area (Å²) in [6, 6.07) is 12.4. The molecular formula is C19H18N2O4. The van der Waals surface area contributed by atoms with Gasteiger partial charge in [-0.25, -0.2) is 4.79 Å². The summed E-state index contributed by atoms with van der Waals surface area (Å²) < 4.78 is 0. The lowest BCUT2D eigenvalue weighted by Gasteiger charge is -2.15. The molecule has 1 aliphatic carbocycles. The predicted octanol–water partition coefficient (Wildman–Crippen LogP) is 2.18. The largest absolute Gasteiger partial charge is 0.480 e. The third-order valence-electron chi connectivity index (χ3n) is 4.16. The van der Waals surface area contributed by atoms with Gasteiger partial charge in [-0.15, -0.1) is 0 Å². The summed E-state index contributed by atoms with van der Waals surface area (Å²) in [4.78, 5) is 34.6. The van der Waals surface area contributed by atoms with Crippen molar-refractivity contribution in [3.05, 3.63) is 53.6 Å². The number of rotatable bonds is 5. The van der Waals surface area contributed by atoms with E-state index in [1.165, 1.54) is 12.5 Å². The lowest BCUT2D eigenvalue weighted by molar-refractivity contribution is -0.142. The van der Waals surface area contributed by atoms with Gasteiger partial charge >= 0.3 is 5.97 Å². The average molecular weight is 338 g/mol. The van der Waals surface area contributed by atoms with E-state index in [9.17, 15) is 14.4 Å². The fraction of sp³-hybridized carbons (Fsp3) is 0.211. The van der Waals surface area contributed by atoms with E-state index in [0.717, 1.165) is 23.1 Å². The fourth-order valence-corrected chi connectivity index (χ4v) is 3.13. The number of carbonyl (C=O) groups is 3. The molecule has 0 radical (unpaired) electrons. The van der Waals surface area contributed by atoms with Crippen molar-refractivity contribution < 1.29 is 19.5 Å². The molecule has 0 spiro atoms. The van der Waals surface area contributed by atoms with E-state index in [4.69, 9.17) is 5.11 Å². The van der Waals surface area contributed by atoms with Gasteiger partial charge in [-0.2, -0.15) is 0 Å². The molecule has 0 aromatic heterocycles. The molecule has 128 valence electrons. The van der Waals surface area contributed by atoms with Crippen LogP contribution in [0.5, 0.6) is 0 Å². The number of carbonyl (C=O) groups excluding carboxylic acids is 2. The first-order valence-corrected chi connectivity index (χ1v) is 7.95. The molecule has 1 atom stereocenters. The highest BCUT2D eigenvalue weighted by Gasteiger charge is 2.25. The number of anilines is 1. The Labute approximate surface area is 144 Å². The van der Waals surface area contributed by atoms with E-state index in [-0.39, 0.29) is 6.42 Å². The highest BCUT2D eigenvalue weighted by molar-refractivity contribution is 6.00. The second-order valence-electron chi connectivity index (χ2n) is 6.02. The van der Waals surface area contributed by atoms with Gasteiger partial charge in [-0.1, -0.05) is 36.4 Å². The van der Waals surface area contributed by atoms with Crippen LogP contribution in [0, 0.1) is 0 Å². The summed E-state index contributed by atoms with van der Waals surface area (Å²) in [5.74, 6) is -2.19. The number of hydrogen-bond acceptors (Lipinski definition) is 3. The zero-order chi connectivity index (χ0) is 18.0. The Morgan fingerprint density at radius 1 is 1.08 bits per heavy atom. The summed E-state index contributed by atoms with van der Waals surface area (Å²) in [6.45, 7) is 1.22. The van der Waals surface area contributed by atoms with Crippen molar-refractivity contribution in [2.24, 2.45) is 0 Å². The zero-order valence-corrected chi connectivity index (χ0v) is 13.7. The van der Waals surface area contributed by atoms with E-state index < -0.39 is 23.8 Å². The number of nitrogens with one attached hydrogen (secondary N) is 2. The monoisotopic (exact) mass is 338 g/mol. The van der Waals surface area contributed by atoms with Crippen LogP contribution in [-0.2, 0) is 20.8 Å². The number of aliphatic carboxylic acids is 1. The van der Waals surface area contributed by atoms with Gasteiger partial charge in [0.15, 0.2) is 0 Å². The topological polar surface area (TPSA) is 95.5 Å². The zero-order valence-electron chi connectivity index (χ0n) is 13.7. The van der Waals surface area contributed by atoms with Crippen LogP contribution in [0.4, 0.5) is 5.69 Å². The quantitative estimate of drug-likeness (QED) is 0.664. The van der Waals surface area contributed by atoms with E-state index in [1.54, 1.807) is 6.07 Å².